The van der Waals surface area contributed by atoms with Gasteiger partial charge < -0.3 is 5.11 Å². The maximum atomic E-state index is 11.9. The number of hydrogen-bond donors (Lipinski definition) is 2. The number of benzene rings is 1. The maximum Gasteiger partial charge on any atom is 0.178 e. The predicted octanol–water partition coefficient (Wildman–Crippen LogP) is 1.86. The first-order chi connectivity index (χ1) is 10.4. The molecule has 1 aromatic carbocycles. The fourth-order valence-corrected chi connectivity index (χ4v) is 3.82. The van der Waals surface area contributed by atoms with Crippen LogP contribution in [0.4, 0.5) is 0 Å². The maximum absolute atomic E-state index is 11.9. The van der Waals surface area contributed by atoms with Crippen LogP contribution in [0.25, 0.3) is 0 Å². The molecule has 1 fully saturated rings. The summed E-state index contributed by atoms with van der Waals surface area (Å²) in [5.41, 5.74) is 1.77. The number of H-pyrrole nitrogens is 1. The van der Waals surface area contributed by atoms with E-state index in [4.69, 9.17) is 0 Å². The highest BCUT2D eigenvalue weighted by Gasteiger charge is 2.31. The molecule has 0 unspecified atom stereocenters. The zero-order valence-corrected chi connectivity index (χ0v) is 13.2. The summed E-state index contributed by atoms with van der Waals surface area (Å²) in [6.07, 6.45) is 4.52. The number of aromatic nitrogens is 2. The summed E-state index contributed by atoms with van der Waals surface area (Å²) in [6.45, 7) is 1.63. The molecule has 0 amide bonds. The Hall–Kier alpha value is -1.86. The third-order valence-corrected chi connectivity index (χ3v) is 5.17. The first-order valence-electron chi connectivity index (χ1n) is 7.20. The van der Waals surface area contributed by atoms with Gasteiger partial charge in [-0.25, -0.2) is 8.42 Å². The monoisotopic (exact) mass is 321 g/mol. The lowest BCUT2D eigenvalue weighted by atomic mass is 10.1. The number of sulfone groups is 1. The normalized spacial score (nSPS) is 19.6. The minimum Gasteiger partial charge on any atom is -0.508 e. The average Bonchev–Trinajstić information content (AvgIpc) is 3.08. The SMILES string of the molecule is CS(=O)(=O)c1cn[nH]c1[C@H]1CCCN1Cc1ccc(O)cc1. The first kappa shape index (κ1) is 15.1. The number of hydrogen-bond acceptors (Lipinski definition) is 5. The summed E-state index contributed by atoms with van der Waals surface area (Å²) >= 11 is 0. The van der Waals surface area contributed by atoms with Gasteiger partial charge in [0.15, 0.2) is 9.84 Å². The third-order valence-electron chi connectivity index (χ3n) is 4.05. The van der Waals surface area contributed by atoms with Crippen LogP contribution in [-0.2, 0) is 16.4 Å². The lowest BCUT2D eigenvalue weighted by Gasteiger charge is -2.24. The van der Waals surface area contributed by atoms with Gasteiger partial charge in [0.2, 0.25) is 0 Å². The summed E-state index contributed by atoms with van der Waals surface area (Å²) in [7, 11) is -3.28. The van der Waals surface area contributed by atoms with Gasteiger partial charge in [-0.1, -0.05) is 12.1 Å². The first-order valence-corrected chi connectivity index (χ1v) is 9.09. The fraction of sp³-hybridized carbons (Fsp3) is 0.400. The van der Waals surface area contributed by atoms with E-state index >= 15 is 0 Å². The molecule has 2 aromatic rings. The molecule has 0 spiro atoms. The number of nitrogens with zero attached hydrogens (tertiary/aromatic N) is 2. The quantitative estimate of drug-likeness (QED) is 0.897. The van der Waals surface area contributed by atoms with Gasteiger partial charge in [-0.3, -0.25) is 10.00 Å². The number of phenolic OH excluding ortho intramolecular Hbond substituents is 1. The second kappa shape index (κ2) is 5.73. The van der Waals surface area contributed by atoms with E-state index in [1.165, 1.54) is 12.5 Å². The van der Waals surface area contributed by atoms with Gasteiger partial charge in [0.25, 0.3) is 0 Å². The van der Waals surface area contributed by atoms with Gasteiger partial charge in [-0.15, -0.1) is 0 Å². The van der Waals surface area contributed by atoms with Gasteiger partial charge in [0.05, 0.1) is 17.9 Å². The zero-order valence-electron chi connectivity index (χ0n) is 12.4. The number of nitrogens with one attached hydrogen (secondary N) is 1. The van der Waals surface area contributed by atoms with Crippen LogP contribution in [0.5, 0.6) is 5.75 Å². The van der Waals surface area contributed by atoms with Crippen LogP contribution in [0.1, 0.15) is 30.1 Å². The summed E-state index contributed by atoms with van der Waals surface area (Å²) in [5.74, 6) is 0.245. The van der Waals surface area contributed by atoms with Crippen molar-refractivity contribution >= 4 is 9.84 Å². The molecule has 1 atom stereocenters. The molecule has 3 rings (SSSR count). The Kier molecular flexibility index (Phi) is 3.92. The Labute approximate surface area is 129 Å². The van der Waals surface area contributed by atoms with E-state index in [9.17, 15) is 13.5 Å². The molecular weight excluding hydrogens is 302 g/mol. The number of aromatic hydroxyl groups is 1. The van der Waals surface area contributed by atoms with Crippen molar-refractivity contribution in [2.75, 3.05) is 12.8 Å². The number of likely N-dealkylation sites (tertiary alicyclic amines) is 1. The fourth-order valence-electron chi connectivity index (χ4n) is 3.00. The van der Waals surface area contributed by atoms with E-state index in [0.717, 1.165) is 24.9 Å². The van der Waals surface area contributed by atoms with Crippen molar-refractivity contribution < 1.29 is 13.5 Å². The molecular formula is C15H19N3O3S. The molecule has 118 valence electrons. The Bertz CT molecular complexity index is 753. The van der Waals surface area contributed by atoms with Crippen molar-refractivity contribution in [2.24, 2.45) is 0 Å². The van der Waals surface area contributed by atoms with Crippen LogP contribution in [0.15, 0.2) is 35.4 Å². The van der Waals surface area contributed by atoms with Crippen LogP contribution in [0, 0.1) is 0 Å². The summed E-state index contributed by atoms with van der Waals surface area (Å²) in [6, 6.07) is 7.13. The second-order valence-electron chi connectivity index (χ2n) is 5.72. The van der Waals surface area contributed by atoms with Crippen molar-refractivity contribution in [3.05, 3.63) is 41.7 Å². The molecule has 0 radical (unpaired) electrons. The van der Waals surface area contributed by atoms with Crippen LogP contribution in [-0.4, -0.2) is 41.4 Å². The highest BCUT2D eigenvalue weighted by molar-refractivity contribution is 7.90. The molecule has 2 N–H and O–H groups in total. The van der Waals surface area contributed by atoms with Gasteiger partial charge in [0.1, 0.15) is 10.6 Å². The minimum absolute atomic E-state index is 0.0287. The number of phenols is 1. The molecule has 0 saturated carbocycles. The van der Waals surface area contributed by atoms with Crippen molar-refractivity contribution in [2.45, 2.75) is 30.3 Å². The topological polar surface area (TPSA) is 86.3 Å². The third kappa shape index (κ3) is 3.00. The molecule has 1 aliphatic heterocycles. The smallest absolute Gasteiger partial charge is 0.178 e. The molecule has 1 aromatic heterocycles. The minimum atomic E-state index is -3.28. The van der Waals surface area contributed by atoms with Crippen molar-refractivity contribution in [1.82, 2.24) is 15.1 Å². The van der Waals surface area contributed by atoms with Gasteiger partial charge in [0, 0.05) is 12.8 Å². The largest absolute Gasteiger partial charge is 0.508 e. The van der Waals surface area contributed by atoms with Gasteiger partial charge in [-0.2, -0.15) is 5.10 Å². The van der Waals surface area contributed by atoms with E-state index in [2.05, 4.69) is 15.1 Å². The predicted molar refractivity (Wildman–Crippen MR) is 82.2 cm³/mol. The Morgan fingerprint density at radius 1 is 1.36 bits per heavy atom. The highest BCUT2D eigenvalue weighted by atomic mass is 32.2. The van der Waals surface area contributed by atoms with Crippen LogP contribution < -0.4 is 0 Å². The average molecular weight is 321 g/mol. The van der Waals surface area contributed by atoms with Crippen molar-refractivity contribution in [3.8, 4) is 5.75 Å². The summed E-state index contributed by atoms with van der Waals surface area (Å²) < 4.78 is 23.7. The molecule has 0 bridgehead atoms. The molecule has 7 heteroatoms. The van der Waals surface area contributed by atoms with E-state index in [-0.39, 0.29) is 16.7 Å². The zero-order chi connectivity index (χ0) is 15.7. The molecule has 1 saturated heterocycles. The Morgan fingerprint density at radius 3 is 2.77 bits per heavy atom. The van der Waals surface area contributed by atoms with Crippen LogP contribution >= 0.6 is 0 Å². The number of aromatic amines is 1. The molecule has 0 aliphatic carbocycles. The lowest BCUT2D eigenvalue weighted by Crippen LogP contribution is -2.24. The standard InChI is InChI=1S/C15H19N3O3S/c1-22(20,21)14-9-16-17-15(14)13-3-2-8-18(13)10-11-4-6-12(19)7-5-11/h4-7,9,13,19H,2-3,8,10H2,1H3,(H,16,17)/t13-/m1/s1. The van der Waals surface area contributed by atoms with E-state index < -0.39 is 9.84 Å². The number of rotatable bonds is 4. The van der Waals surface area contributed by atoms with Crippen LogP contribution in [0.2, 0.25) is 0 Å². The second-order valence-corrected chi connectivity index (χ2v) is 7.70. The van der Waals surface area contributed by atoms with Crippen molar-refractivity contribution in [3.63, 3.8) is 0 Å². The molecule has 2 heterocycles. The van der Waals surface area contributed by atoms with Gasteiger partial charge in [-0.05, 0) is 37.1 Å². The van der Waals surface area contributed by atoms with Gasteiger partial charge >= 0.3 is 0 Å². The summed E-state index contributed by atoms with van der Waals surface area (Å²) in [4.78, 5) is 2.53. The summed E-state index contributed by atoms with van der Waals surface area (Å²) in [5, 5.41) is 16.1. The Morgan fingerprint density at radius 2 is 2.09 bits per heavy atom. The molecule has 6 nitrogen and oxygen atoms in total. The lowest BCUT2D eigenvalue weighted by molar-refractivity contribution is 0.241. The van der Waals surface area contributed by atoms with Crippen molar-refractivity contribution in [1.29, 1.82) is 0 Å². The van der Waals surface area contributed by atoms with E-state index in [1.54, 1.807) is 12.1 Å². The van der Waals surface area contributed by atoms with E-state index in [0.29, 0.717) is 12.2 Å². The molecule has 22 heavy (non-hydrogen) atoms. The molecule has 1 aliphatic rings. The highest BCUT2D eigenvalue weighted by Crippen LogP contribution is 2.35. The Balaban J connectivity index is 1.85. The van der Waals surface area contributed by atoms with E-state index in [1.807, 2.05) is 12.1 Å². The van der Waals surface area contributed by atoms with Crippen LogP contribution in [0.3, 0.4) is 0 Å².